The van der Waals surface area contributed by atoms with Gasteiger partial charge in [-0.1, -0.05) is 25.4 Å². The third-order valence-electron chi connectivity index (χ3n) is 3.18. The van der Waals surface area contributed by atoms with E-state index in [9.17, 15) is 0 Å². The zero-order valence-corrected chi connectivity index (χ0v) is 13.7. The summed E-state index contributed by atoms with van der Waals surface area (Å²) in [5.74, 6) is 0. The van der Waals surface area contributed by atoms with E-state index in [1.54, 1.807) is 11.3 Å². The van der Waals surface area contributed by atoms with E-state index >= 15 is 0 Å². The number of hydrogen-bond acceptors (Lipinski definition) is 4. The number of hydrogen-bond donors (Lipinski definition) is 1. The molecule has 0 bridgehead atoms. The predicted octanol–water partition coefficient (Wildman–Crippen LogP) is 4.15. The largest absolute Gasteiger partial charge is 0.305 e. The van der Waals surface area contributed by atoms with E-state index in [1.165, 1.54) is 5.56 Å². The minimum atomic E-state index is 0.103. The highest BCUT2D eigenvalue weighted by Crippen LogP contribution is 2.34. The van der Waals surface area contributed by atoms with Crippen LogP contribution >= 0.6 is 22.9 Å². The lowest BCUT2D eigenvalue weighted by atomic mass is 10.0. The summed E-state index contributed by atoms with van der Waals surface area (Å²) in [6, 6.07) is 4.18. The molecule has 2 rings (SSSR count). The molecule has 2 heterocycles. The monoisotopic (exact) mass is 309 g/mol. The average molecular weight is 310 g/mol. The summed E-state index contributed by atoms with van der Waals surface area (Å²) in [4.78, 5) is 1.15. The molecule has 108 valence electrons. The van der Waals surface area contributed by atoms with Crippen molar-refractivity contribution in [2.75, 3.05) is 6.54 Å². The lowest BCUT2D eigenvalue weighted by molar-refractivity contribution is 0.595. The van der Waals surface area contributed by atoms with Crippen molar-refractivity contribution in [3.05, 3.63) is 44.4 Å². The van der Waals surface area contributed by atoms with Crippen LogP contribution in [0.2, 0.25) is 5.02 Å². The summed E-state index contributed by atoms with van der Waals surface area (Å²) >= 11 is 8.02. The maximum absolute atomic E-state index is 6.33. The highest BCUT2D eigenvalue weighted by atomic mass is 35.5. The maximum Gasteiger partial charge on any atom is 0.0705 e. The maximum atomic E-state index is 6.33. The van der Waals surface area contributed by atoms with Crippen LogP contribution in [0.25, 0.3) is 0 Å². The van der Waals surface area contributed by atoms with E-state index in [-0.39, 0.29) is 6.04 Å². The summed E-state index contributed by atoms with van der Waals surface area (Å²) in [6.07, 6.45) is 1.95. The first-order valence-electron chi connectivity index (χ1n) is 6.96. The summed E-state index contributed by atoms with van der Waals surface area (Å²) < 4.78 is 0. The van der Waals surface area contributed by atoms with Crippen LogP contribution < -0.4 is 5.32 Å². The van der Waals surface area contributed by atoms with Crippen molar-refractivity contribution in [2.24, 2.45) is 0 Å². The van der Waals surface area contributed by atoms with Gasteiger partial charge in [-0.15, -0.1) is 11.3 Å². The van der Waals surface area contributed by atoms with Crippen LogP contribution in [0.5, 0.6) is 0 Å². The molecule has 0 saturated heterocycles. The number of halogens is 1. The first-order chi connectivity index (χ1) is 9.67. The molecule has 0 spiro atoms. The number of aryl methyl sites for hydroxylation is 2. The summed E-state index contributed by atoms with van der Waals surface area (Å²) in [5, 5.41) is 14.9. The molecule has 2 aromatic heterocycles. The molecular weight excluding hydrogens is 290 g/mol. The molecule has 20 heavy (non-hydrogen) atoms. The highest BCUT2D eigenvalue weighted by Gasteiger charge is 2.21. The molecule has 3 nitrogen and oxygen atoms in total. The first kappa shape index (κ1) is 15.4. The molecule has 2 aromatic rings. The molecule has 0 amide bonds. The second kappa shape index (κ2) is 7.16. The highest BCUT2D eigenvalue weighted by molar-refractivity contribution is 7.10. The van der Waals surface area contributed by atoms with Crippen LogP contribution in [0.4, 0.5) is 0 Å². The van der Waals surface area contributed by atoms with E-state index in [1.807, 2.05) is 18.4 Å². The number of rotatable bonds is 6. The van der Waals surface area contributed by atoms with E-state index in [4.69, 9.17) is 11.6 Å². The van der Waals surface area contributed by atoms with Crippen LogP contribution in [0, 0.1) is 6.92 Å². The zero-order chi connectivity index (χ0) is 14.5. The minimum absolute atomic E-state index is 0.103. The van der Waals surface area contributed by atoms with Crippen LogP contribution in [0.1, 0.15) is 48.1 Å². The number of aromatic nitrogens is 2. The van der Waals surface area contributed by atoms with Gasteiger partial charge in [-0.2, -0.15) is 10.2 Å². The Hall–Kier alpha value is -0.970. The van der Waals surface area contributed by atoms with Crippen LogP contribution in [-0.4, -0.2) is 16.7 Å². The topological polar surface area (TPSA) is 37.8 Å². The lowest BCUT2D eigenvalue weighted by Crippen LogP contribution is -2.24. The van der Waals surface area contributed by atoms with Gasteiger partial charge < -0.3 is 5.32 Å². The standard InChI is InChI=1S/C15H20ClN3S/c1-4-7-17-14(15-12(16)6-8-20-15)11-9-10(3)18-19-13(11)5-2/h6,8-9,14,17H,4-5,7H2,1-3H3. The van der Waals surface area contributed by atoms with Crippen LogP contribution in [0.15, 0.2) is 17.5 Å². The molecule has 0 aliphatic carbocycles. The molecule has 5 heteroatoms. The van der Waals surface area contributed by atoms with Gasteiger partial charge in [0.25, 0.3) is 0 Å². The minimum Gasteiger partial charge on any atom is -0.305 e. The Morgan fingerprint density at radius 1 is 1.35 bits per heavy atom. The third kappa shape index (κ3) is 3.37. The third-order valence-corrected chi connectivity index (χ3v) is 4.60. The number of nitrogens with zero attached hydrogens (tertiary/aromatic N) is 2. The van der Waals surface area contributed by atoms with Gasteiger partial charge in [0, 0.05) is 4.88 Å². The Bertz CT molecular complexity index is 568. The Morgan fingerprint density at radius 2 is 2.15 bits per heavy atom. The van der Waals surface area contributed by atoms with E-state index < -0.39 is 0 Å². The van der Waals surface area contributed by atoms with Gasteiger partial charge >= 0.3 is 0 Å². The van der Waals surface area contributed by atoms with Gasteiger partial charge in [-0.05, 0) is 49.4 Å². The molecule has 1 atom stereocenters. The van der Waals surface area contributed by atoms with Crippen LogP contribution in [0.3, 0.4) is 0 Å². The molecule has 0 aromatic carbocycles. The Labute approximate surface area is 129 Å². The molecule has 0 saturated carbocycles. The van der Waals surface area contributed by atoms with Gasteiger partial charge in [0.1, 0.15) is 0 Å². The second-order valence-electron chi connectivity index (χ2n) is 4.76. The summed E-state index contributed by atoms with van der Waals surface area (Å²) in [5.41, 5.74) is 3.17. The van der Waals surface area contributed by atoms with E-state index in [0.29, 0.717) is 0 Å². The normalized spacial score (nSPS) is 12.6. The molecule has 0 aliphatic rings. The van der Waals surface area contributed by atoms with Crippen molar-refractivity contribution < 1.29 is 0 Å². The fourth-order valence-corrected chi connectivity index (χ4v) is 3.46. The van der Waals surface area contributed by atoms with Crippen molar-refractivity contribution in [3.8, 4) is 0 Å². The van der Waals surface area contributed by atoms with Gasteiger partial charge in [-0.3, -0.25) is 0 Å². The lowest BCUT2D eigenvalue weighted by Gasteiger charge is -2.20. The van der Waals surface area contributed by atoms with Gasteiger partial charge in [0.05, 0.1) is 22.5 Å². The van der Waals surface area contributed by atoms with Gasteiger partial charge in [0.2, 0.25) is 0 Å². The molecule has 1 N–H and O–H groups in total. The number of thiophene rings is 1. The van der Waals surface area contributed by atoms with Crippen molar-refractivity contribution in [1.29, 1.82) is 0 Å². The Kier molecular flexibility index (Phi) is 5.52. The fraction of sp³-hybridized carbons (Fsp3) is 0.467. The SMILES string of the molecule is CCCNC(c1cc(C)nnc1CC)c1sccc1Cl. The van der Waals surface area contributed by atoms with Crippen molar-refractivity contribution in [1.82, 2.24) is 15.5 Å². The Morgan fingerprint density at radius 3 is 2.75 bits per heavy atom. The zero-order valence-electron chi connectivity index (χ0n) is 12.1. The van der Waals surface area contributed by atoms with E-state index in [2.05, 4.69) is 35.4 Å². The number of nitrogens with one attached hydrogen (secondary N) is 1. The van der Waals surface area contributed by atoms with Crippen molar-refractivity contribution in [3.63, 3.8) is 0 Å². The Balaban J connectivity index is 2.46. The molecule has 0 fully saturated rings. The van der Waals surface area contributed by atoms with Gasteiger partial charge in [-0.25, -0.2) is 0 Å². The molecule has 1 unspecified atom stereocenters. The second-order valence-corrected chi connectivity index (χ2v) is 6.12. The quantitative estimate of drug-likeness (QED) is 0.871. The van der Waals surface area contributed by atoms with Crippen molar-refractivity contribution >= 4 is 22.9 Å². The molecule has 0 radical (unpaired) electrons. The van der Waals surface area contributed by atoms with Crippen molar-refractivity contribution in [2.45, 2.75) is 39.7 Å². The summed E-state index contributed by atoms with van der Waals surface area (Å²) in [6.45, 7) is 7.19. The molecule has 0 aliphatic heterocycles. The summed E-state index contributed by atoms with van der Waals surface area (Å²) in [7, 11) is 0. The fourth-order valence-electron chi connectivity index (χ4n) is 2.20. The molecular formula is C15H20ClN3S. The average Bonchev–Trinajstić information content (AvgIpc) is 2.86. The predicted molar refractivity (Wildman–Crippen MR) is 85.6 cm³/mol. The smallest absolute Gasteiger partial charge is 0.0705 e. The van der Waals surface area contributed by atoms with Crippen LogP contribution in [-0.2, 0) is 6.42 Å². The van der Waals surface area contributed by atoms with E-state index in [0.717, 1.165) is 40.7 Å². The van der Waals surface area contributed by atoms with Gasteiger partial charge in [0.15, 0.2) is 0 Å². The first-order valence-corrected chi connectivity index (χ1v) is 8.22.